The molecule has 0 bridgehead atoms. The van der Waals surface area contributed by atoms with Gasteiger partial charge in [0.25, 0.3) is 0 Å². The van der Waals surface area contributed by atoms with Gasteiger partial charge in [0.05, 0.1) is 25.4 Å². The smallest absolute Gasteiger partial charge is 0.306 e. The Morgan fingerprint density at radius 3 is 1.24 bits per heavy atom. The largest absolute Gasteiger partial charge is 0.454 e. The Bertz CT molecular complexity index is 1870. The van der Waals surface area contributed by atoms with Crippen molar-refractivity contribution in [1.29, 1.82) is 0 Å². The Kier molecular flexibility index (Phi) is 60.3. The van der Waals surface area contributed by atoms with Crippen molar-refractivity contribution in [2.24, 2.45) is 0 Å². The molecule has 8 atom stereocenters. The lowest BCUT2D eigenvalue weighted by atomic mass is 9.99. The molecule has 1 fully saturated rings. The van der Waals surface area contributed by atoms with E-state index >= 15 is 0 Å². The molecule has 0 saturated carbocycles. The van der Waals surface area contributed by atoms with E-state index in [0.29, 0.717) is 12.8 Å². The van der Waals surface area contributed by atoms with Gasteiger partial charge in [-0.25, -0.2) is 0 Å². The van der Waals surface area contributed by atoms with Gasteiger partial charge in [-0.05, 0) is 109 Å². The molecular weight excluding hydrogens is 1110 g/mol. The summed E-state index contributed by atoms with van der Waals surface area (Å²) >= 11 is 0. The Morgan fingerprint density at radius 2 is 0.809 bits per heavy atom. The van der Waals surface area contributed by atoms with Crippen LogP contribution in [0.2, 0.25) is 0 Å². The van der Waals surface area contributed by atoms with E-state index in [1.54, 1.807) is 6.08 Å². The topological polar surface area (TPSA) is 175 Å². The molecule has 89 heavy (non-hydrogen) atoms. The number of ether oxygens (including phenoxy) is 3. The molecule has 1 amide bonds. The summed E-state index contributed by atoms with van der Waals surface area (Å²) in [5.74, 6) is -1.21. The molecule has 6 N–H and O–H groups in total. The molecule has 11 nitrogen and oxygen atoms in total. The zero-order chi connectivity index (χ0) is 64.6. The molecule has 0 aliphatic carbocycles. The van der Waals surface area contributed by atoms with Crippen molar-refractivity contribution in [1.82, 2.24) is 5.32 Å². The van der Waals surface area contributed by atoms with E-state index in [0.717, 1.165) is 116 Å². The van der Waals surface area contributed by atoms with E-state index in [9.17, 15) is 35.1 Å². The van der Waals surface area contributed by atoms with Crippen molar-refractivity contribution in [3.8, 4) is 0 Å². The van der Waals surface area contributed by atoms with Crippen LogP contribution in [0.15, 0.2) is 109 Å². The molecule has 0 aromatic rings. The number of aliphatic hydroxyl groups is 5. The lowest BCUT2D eigenvalue weighted by Crippen LogP contribution is -2.61. The number of aliphatic hydroxyl groups excluding tert-OH is 5. The van der Waals surface area contributed by atoms with Crippen LogP contribution < -0.4 is 5.32 Å². The third-order valence-corrected chi connectivity index (χ3v) is 16.7. The number of unbranched alkanes of at least 4 members (excludes halogenated alkanes) is 32. The van der Waals surface area contributed by atoms with Crippen molar-refractivity contribution >= 4 is 11.9 Å². The number of rotatable bonds is 62. The van der Waals surface area contributed by atoms with Crippen LogP contribution >= 0.6 is 0 Å². The molecule has 1 heterocycles. The zero-order valence-corrected chi connectivity index (χ0v) is 57.0. The highest BCUT2D eigenvalue weighted by molar-refractivity contribution is 5.80. The van der Waals surface area contributed by atoms with Gasteiger partial charge < -0.3 is 45.1 Å². The summed E-state index contributed by atoms with van der Waals surface area (Å²) in [4.78, 5) is 26.7. The molecule has 1 rings (SSSR count). The highest BCUT2D eigenvalue weighted by atomic mass is 16.7. The summed E-state index contributed by atoms with van der Waals surface area (Å²) in [6, 6.07) is -1.04. The zero-order valence-electron chi connectivity index (χ0n) is 57.0. The van der Waals surface area contributed by atoms with Crippen molar-refractivity contribution in [2.45, 2.75) is 359 Å². The molecule has 0 radical (unpaired) electrons. The molecule has 0 spiro atoms. The lowest BCUT2D eigenvalue weighted by molar-refractivity contribution is -0.305. The standard InChI is InChI=1S/C78H135NO10/c1-4-7-10-13-16-19-22-25-27-29-31-33-34-35-36-37-39-40-42-44-47-50-53-56-59-62-65-71(82)77(86)79-69(70(81)64-61-58-55-52-49-46-24-21-18-15-12-9-6-3)68-87-78-76(75(85)74(84)72(67-80)88-78)89-73(83)66-63-60-57-54-51-48-45-43-41-38-32-30-28-26-23-20-17-14-11-8-5-2/h8,11,16-17,19-20,25-28,31-33,38,43,45,61,64,69-72,74-76,78,80-82,84-85H,4-7,9-10,12-15,18,21-24,29-30,34-37,39-42,44,46-60,62-63,65-68H2,1-3H3,(H,79,86)/b11-8-,19-16-,20-17-,27-25-,28-26-,33-31-,38-32-,45-43-,64-61+. The molecular formula is C78H135NO10. The number of allylic oxidation sites excluding steroid dienone is 17. The monoisotopic (exact) mass is 1250 g/mol. The number of hydrogen-bond donors (Lipinski definition) is 6. The first-order valence-corrected chi connectivity index (χ1v) is 36.7. The number of nitrogens with one attached hydrogen (secondary N) is 1. The SMILES string of the molecule is CC/C=C\C/C=C\C/C=C\C/C=C\C/C=C\CCCCCCCC(=O)OC1C(OCC(NC(=O)C(O)CCCCCCCCCCCCCCC/C=C\C/C=C\C/C=C\CCCCC)C(O)/C=C/CCCCCCCCCCCCC)OC(CO)C(O)C1O. The van der Waals surface area contributed by atoms with Crippen molar-refractivity contribution in [2.75, 3.05) is 13.2 Å². The van der Waals surface area contributed by atoms with Gasteiger partial charge in [0.15, 0.2) is 12.4 Å². The van der Waals surface area contributed by atoms with Gasteiger partial charge in [-0.2, -0.15) is 0 Å². The van der Waals surface area contributed by atoms with E-state index in [-0.39, 0.29) is 19.4 Å². The van der Waals surface area contributed by atoms with Crippen LogP contribution in [0.3, 0.4) is 0 Å². The maximum absolute atomic E-state index is 13.5. The van der Waals surface area contributed by atoms with Crippen molar-refractivity contribution in [3.05, 3.63) is 109 Å². The fraction of sp³-hybridized carbons (Fsp3) is 0.744. The molecule has 1 aliphatic rings. The van der Waals surface area contributed by atoms with Gasteiger partial charge in [0.2, 0.25) is 5.91 Å². The van der Waals surface area contributed by atoms with E-state index in [2.05, 4.69) is 123 Å². The minimum Gasteiger partial charge on any atom is -0.454 e. The number of carbonyl (C=O) groups excluding carboxylic acids is 2. The van der Waals surface area contributed by atoms with E-state index < -0.39 is 67.4 Å². The minimum absolute atomic E-state index is 0.0970. The average Bonchev–Trinajstić information content (AvgIpc) is 2.24. The highest BCUT2D eigenvalue weighted by Gasteiger charge is 2.47. The van der Waals surface area contributed by atoms with Gasteiger partial charge in [0, 0.05) is 6.42 Å². The number of esters is 1. The fourth-order valence-electron chi connectivity index (χ4n) is 10.9. The quantitative estimate of drug-likeness (QED) is 0.0195. The molecule has 0 aromatic heterocycles. The molecule has 8 unspecified atom stereocenters. The van der Waals surface area contributed by atoms with Crippen LogP contribution in [0, 0.1) is 0 Å². The number of carbonyl (C=O) groups is 2. The Balaban J connectivity index is 2.59. The summed E-state index contributed by atoms with van der Waals surface area (Å²) < 4.78 is 17.7. The summed E-state index contributed by atoms with van der Waals surface area (Å²) in [7, 11) is 0. The Morgan fingerprint density at radius 1 is 0.449 bits per heavy atom. The third kappa shape index (κ3) is 51.5. The molecule has 1 aliphatic heterocycles. The number of amides is 1. The van der Waals surface area contributed by atoms with Crippen LogP contribution in [0.25, 0.3) is 0 Å². The first kappa shape index (κ1) is 83.3. The maximum atomic E-state index is 13.5. The Labute approximate surface area is 545 Å². The average molecular weight is 1250 g/mol. The third-order valence-electron chi connectivity index (χ3n) is 16.7. The molecule has 1 saturated heterocycles. The maximum Gasteiger partial charge on any atom is 0.306 e. The summed E-state index contributed by atoms with van der Waals surface area (Å²) in [6.45, 7) is 5.67. The van der Waals surface area contributed by atoms with Crippen LogP contribution in [-0.4, -0.2) is 99.6 Å². The molecule has 11 heteroatoms. The second-order valence-corrected chi connectivity index (χ2v) is 24.9. The van der Waals surface area contributed by atoms with E-state index in [4.69, 9.17) is 14.2 Å². The normalized spacial score (nSPS) is 18.8. The van der Waals surface area contributed by atoms with Gasteiger partial charge >= 0.3 is 5.97 Å². The molecule has 0 aromatic carbocycles. The van der Waals surface area contributed by atoms with E-state index in [1.165, 1.54) is 148 Å². The van der Waals surface area contributed by atoms with Crippen LogP contribution in [0.4, 0.5) is 0 Å². The molecule has 512 valence electrons. The van der Waals surface area contributed by atoms with Gasteiger partial charge in [-0.3, -0.25) is 9.59 Å². The predicted octanol–water partition coefficient (Wildman–Crippen LogP) is 19.2. The minimum atomic E-state index is -1.63. The van der Waals surface area contributed by atoms with Crippen molar-refractivity contribution in [3.63, 3.8) is 0 Å². The Hall–Kier alpha value is -3.68. The predicted molar refractivity (Wildman–Crippen MR) is 375 cm³/mol. The van der Waals surface area contributed by atoms with E-state index in [1.807, 2.05) is 6.08 Å². The summed E-state index contributed by atoms with van der Waals surface area (Å²) in [5, 5.41) is 57.3. The highest BCUT2D eigenvalue weighted by Crippen LogP contribution is 2.26. The lowest BCUT2D eigenvalue weighted by Gasteiger charge is -2.41. The second kappa shape index (κ2) is 64.4. The summed E-state index contributed by atoms with van der Waals surface area (Å²) in [5.41, 5.74) is 0. The second-order valence-electron chi connectivity index (χ2n) is 24.9. The van der Waals surface area contributed by atoms with Gasteiger partial charge in [0.1, 0.15) is 24.4 Å². The van der Waals surface area contributed by atoms with Crippen molar-refractivity contribution < 1.29 is 49.3 Å². The van der Waals surface area contributed by atoms with Gasteiger partial charge in [-0.1, -0.05) is 304 Å². The van der Waals surface area contributed by atoms with Crippen LogP contribution in [0.1, 0.15) is 310 Å². The first-order valence-electron chi connectivity index (χ1n) is 36.7. The first-order chi connectivity index (χ1) is 43.7. The fourth-order valence-corrected chi connectivity index (χ4v) is 10.9. The van der Waals surface area contributed by atoms with Crippen LogP contribution in [-0.2, 0) is 23.8 Å². The summed E-state index contributed by atoms with van der Waals surface area (Å²) in [6.07, 6.45) is 78.3. The van der Waals surface area contributed by atoms with Gasteiger partial charge in [-0.15, -0.1) is 0 Å². The van der Waals surface area contributed by atoms with Crippen LogP contribution in [0.5, 0.6) is 0 Å². The number of hydrogen-bond acceptors (Lipinski definition) is 10.